The van der Waals surface area contributed by atoms with Crippen LogP contribution >= 0.6 is 0 Å². The van der Waals surface area contributed by atoms with Gasteiger partial charge in [-0.15, -0.1) is 0 Å². The second kappa shape index (κ2) is 7.67. The smallest absolute Gasteiger partial charge is 0.410 e. The number of carbonyl (C=O) groups is 1. The lowest BCUT2D eigenvalue weighted by molar-refractivity contribution is 0.00165. The Balaban J connectivity index is 2.08. The molecule has 0 radical (unpaired) electrons. The van der Waals surface area contributed by atoms with Crippen molar-refractivity contribution in [2.45, 2.75) is 45.3 Å². The molecule has 5 nitrogen and oxygen atoms in total. The van der Waals surface area contributed by atoms with Gasteiger partial charge >= 0.3 is 6.09 Å². The van der Waals surface area contributed by atoms with Gasteiger partial charge in [-0.25, -0.2) is 4.79 Å². The van der Waals surface area contributed by atoms with Gasteiger partial charge in [-0.1, -0.05) is 24.3 Å². The summed E-state index contributed by atoms with van der Waals surface area (Å²) in [5.74, 6) is 0. The zero-order valence-corrected chi connectivity index (χ0v) is 15.1. The summed E-state index contributed by atoms with van der Waals surface area (Å²) in [5, 5.41) is 8.75. The number of benzene rings is 1. The van der Waals surface area contributed by atoms with Gasteiger partial charge in [0.05, 0.1) is 18.5 Å². The minimum Gasteiger partial charge on any atom is -0.444 e. The molecule has 1 atom stereocenters. The predicted molar refractivity (Wildman–Crippen MR) is 93.7 cm³/mol. The van der Waals surface area contributed by atoms with Crippen molar-refractivity contribution >= 4 is 6.09 Å². The third-order valence-electron chi connectivity index (χ3n) is 4.09. The van der Waals surface area contributed by atoms with Crippen LogP contribution in [-0.4, -0.2) is 54.2 Å². The number of amides is 1. The van der Waals surface area contributed by atoms with Crippen molar-refractivity contribution in [3.63, 3.8) is 0 Å². The molecule has 0 bridgehead atoms. The molecule has 24 heavy (non-hydrogen) atoms. The van der Waals surface area contributed by atoms with Crippen LogP contribution in [0.5, 0.6) is 0 Å². The number of hydrogen-bond acceptors (Lipinski definition) is 4. The minimum absolute atomic E-state index is 0.0976. The minimum atomic E-state index is -0.482. The quantitative estimate of drug-likeness (QED) is 0.855. The van der Waals surface area contributed by atoms with Crippen molar-refractivity contribution in [2.75, 3.05) is 26.7 Å². The van der Waals surface area contributed by atoms with E-state index >= 15 is 0 Å². The van der Waals surface area contributed by atoms with Gasteiger partial charge < -0.3 is 14.5 Å². The van der Waals surface area contributed by atoms with E-state index in [9.17, 15) is 4.79 Å². The molecule has 1 aromatic carbocycles. The highest BCUT2D eigenvalue weighted by atomic mass is 16.6. The van der Waals surface area contributed by atoms with Crippen molar-refractivity contribution in [1.82, 2.24) is 9.80 Å². The fourth-order valence-corrected chi connectivity index (χ4v) is 2.90. The summed E-state index contributed by atoms with van der Waals surface area (Å²) >= 11 is 0. The van der Waals surface area contributed by atoms with Crippen molar-refractivity contribution in [2.24, 2.45) is 0 Å². The van der Waals surface area contributed by atoms with Gasteiger partial charge in [0.15, 0.2) is 0 Å². The summed E-state index contributed by atoms with van der Waals surface area (Å²) in [6.45, 7) is 8.05. The molecule has 1 aliphatic heterocycles. The van der Waals surface area contributed by atoms with Crippen LogP contribution in [0.25, 0.3) is 0 Å². The first-order valence-corrected chi connectivity index (χ1v) is 8.41. The van der Waals surface area contributed by atoms with Crippen molar-refractivity contribution < 1.29 is 9.53 Å². The summed E-state index contributed by atoms with van der Waals surface area (Å²) in [5.41, 5.74) is 1.71. The average Bonchev–Trinajstić information content (AvgIpc) is 2.48. The number of hydrogen-bond donors (Lipinski definition) is 0. The van der Waals surface area contributed by atoms with Gasteiger partial charge in [0.25, 0.3) is 0 Å². The first-order chi connectivity index (χ1) is 11.3. The van der Waals surface area contributed by atoms with Crippen LogP contribution in [-0.2, 0) is 17.6 Å². The molecule has 0 N–H and O–H groups in total. The molecule has 1 saturated heterocycles. The van der Waals surface area contributed by atoms with Crippen LogP contribution in [0.4, 0.5) is 4.79 Å². The zero-order chi connectivity index (χ0) is 17.7. The molecule has 130 valence electrons. The van der Waals surface area contributed by atoms with E-state index in [0.29, 0.717) is 13.0 Å². The molecule has 5 heteroatoms. The Morgan fingerprint density at radius 3 is 2.46 bits per heavy atom. The number of likely N-dealkylation sites (N-methyl/N-ethyl adjacent to an activating group) is 1. The molecule has 1 fully saturated rings. The normalized spacial score (nSPS) is 19.0. The number of nitrogens with zero attached hydrogens (tertiary/aromatic N) is 3. The molecule has 1 aliphatic rings. The van der Waals surface area contributed by atoms with Gasteiger partial charge in [0.1, 0.15) is 5.60 Å². The van der Waals surface area contributed by atoms with Crippen LogP contribution < -0.4 is 0 Å². The maximum absolute atomic E-state index is 12.5. The van der Waals surface area contributed by atoms with Crippen LogP contribution in [0.15, 0.2) is 24.3 Å². The highest BCUT2D eigenvalue weighted by Crippen LogP contribution is 2.19. The van der Waals surface area contributed by atoms with Crippen molar-refractivity contribution in [3.8, 4) is 6.07 Å². The Morgan fingerprint density at radius 2 is 1.88 bits per heavy atom. The molecule has 0 spiro atoms. The highest BCUT2D eigenvalue weighted by Gasteiger charge is 2.32. The number of piperazine rings is 1. The summed E-state index contributed by atoms with van der Waals surface area (Å²) in [6, 6.07) is 10.3. The maximum Gasteiger partial charge on any atom is 0.410 e. The monoisotopic (exact) mass is 329 g/mol. The Labute approximate surface area is 144 Å². The molecule has 0 aliphatic carbocycles. The molecular weight excluding hydrogens is 302 g/mol. The first-order valence-electron chi connectivity index (χ1n) is 8.41. The third kappa shape index (κ3) is 5.24. The maximum atomic E-state index is 12.5. The Morgan fingerprint density at radius 1 is 1.25 bits per heavy atom. The topological polar surface area (TPSA) is 56.6 Å². The molecule has 0 saturated carbocycles. The number of ether oxygens (including phenoxy) is 1. The van der Waals surface area contributed by atoms with Crippen LogP contribution in [0.2, 0.25) is 0 Å². The molecule has 1 aromatic rings. The fraction of sp³-hybridized carbons (Fsp3) is 0.579. The summed E-state index contributed by atoms with van der Waals surface area (Å²) in [6.07, 6.45) is 0.981. The van der Waals surface area contributed by atoms with E-state index in [4.69, 9.17) is 10.00 Å². The van der Waals surface area contributed by atoms with Gasteiger partial charge in [0, 0.05) is 19.6 Å². The molecule has 1 heterocycles. The lowest BCUT2D eigenvalue weighted by Crippen LogP contribution is -2.55. The van der Waals surface area contributed by atoms with Crippen LogP contribution in [0.1, 0.15) is 31.9 Å². The molecule has 0 aromatic heterocycles. The third-order valence-corrected chi connectivity index (χ3v) is 4.09. The first kappa shape index (κ1) is 18.3. The largest absolute Gasteiger partial charge is 0.444 e. The van der Waals surface area contributed by atoms with E-state index in [-0.39, 0.29) is 12.1 Å². The summed E-state index contributed by atoms with van der Waals surface area (Å²) in [7, 11) is 2.08. The molecular formula is C19H27N3O2. The second-order valence-electron chi connectivity index (χ2n) is 7.45. The Bertz CT molecular complexity index is 599. The standard InChI is InChI=1S/C19H27N3O2/c1-19(2,3)24-18(23)22-12-11-21(4)14-17(22)13-16-7-5-15(6-8-16)9-10-20/h5-8,17H,9,11-14H2,1-4H3. The predicted octanol–water partition coefficient (Wildman–Crippen LogP) is 2.85. The fourth-order valence-electron chi connectivity index (χ4n) is 2.90. The number of rotatable bonds is 3. The average molecular weight is 329 g/mol. The van der Waals surface area contributed by atoms with Crippen LogP contribution in [0, 0.1) is 11.3 Å². The van der Waals surface area contributed by atoms with Gasteiger partial charge in [-0.05, 0) is 45.4 Å². The van der Waals surface area contributed by atoms with Gasteiger partial charge in [0.2, 0.25) is 0 Å². The lowest BCUT2D eigenvalue weighted by atomic mass is 10.0. The molecule has 1 amide bonds. The second-order valence-corrected chi connectivity index (χ2v) is 7.45. The van der Waals surface area contributed by atoms with Crippen molar-refractivity contribution in [1.29, 1.82) is 5.26 Å². The number of nitriles is 1. The lowest BCUT2D eigenvalue weighted by Gasteiger charge is -2.40. The van der Waals surface area contributed by atoms with E-state index in [0.717, 1.165) is 25.1 Å². The van der Waals surface area contributed by atoms with E-state index in [1.165, 1.54) is 5.56 Å². The Kier molecular flexibility index (Phi) is 5.84. The van der Waals surface area contributed by atoms with Crippen LogP contribution in [0.3, 0.4) is 0 Å². The van der Waals surface area contributed by atoms with Crippen molar-refractivity contribution in [3.05, 3.63) is 35.4 Å². The SMILES string of the molecule is CN1CCN(C(=O)OC(C)(C)C)C(Cc2ccc(CC#N)cc2)C1. The summed E-state index contributed by atoms with van der Waals surface area (Å²) in [4.78, 5) is 16.6. The van der Waals surface area contributed by atoms with E-state index in [2.05, 4.69) is 30.1 Å². The zero-order valence-electron chi connectivity index (χ0n) is 15.1. The van der Waals surface area contributed by atoms with Gasteiger partial charge in [-0.3, -0.25) is 0 Å². The Hall–Kier alpha value is -2.06. The number of carbonyl (C=O) groups excluding carboxylic acids is 1. The van der Waals surface area contributed by atoms with E-state index in [1.54, 1.807) is 0 Å². The van der Waals surface area contributed by atoms with E-state index < -0.39 is 5.60 Å². The summed E-state index contributed by atoms with van der Waals surface area (Å²) < 4.78 is 5.56. The molecule has 2 rings (SSSR count). The highest BCUT2D eigenvalue weighted by molar-refractivity contribution is 5.68. The van der Waals surface area contributed by atoms with E-state index in [1.807, 2.05) is 37.8 Å². The van der Waals surface area contributed by atoms with Gasteiger partial charge in [-0.2, -0.15) is 5.26 Å². The molecule has 1 unspecified atom stereocenters.